The molecule has 6 nitrogen and oxygen atoms in total. The number of aliphatic carboxylic acids is 1. The van der Waals surface area contributed by atoms with E-state index in [1.165, 1.54) is 13.8 Å². The van der Waals surface area contributed by atoms with Crippen LogP contribution < -0.4 is 0 Å². The molecule has 14 heavy (non-hydrogen) atoms. The molecule has 0 aliphatic heterocycles. The number of hydrogen-bond acceptors (Lipinski definition) is 5. The van der Waals surface area contributed by atoms with Gasteiger partial charge in [0, 0.05) is 11.7 Å². The van der Waals surface area contributed by atoms with Gasteiger partial charge in [0.05, 0.1) is 5.29 Å². The molecule has 1 amide bonds. The van der Waals surface area contributed by atoms with Crippen molar-refractivity contribution in [3.63, 3.8) is 0 Å². The summed E-state index contributed by atoms with van der Waals surface area (Å²) in [5.74, 6) is -2.05. The van der Waals surface area contributed by atoms with Gasteiger partial charge in [-0.2, -0.15) is 17.6 Å². The number of thiol groups is 1. The molecule has 0 radical (unpaired) electrons. The third-order valence-corrected chi connectivity index (χ3v) is 1.80. The Labute approximate surface area is 86.6 Å². The predicted octanol–water partition coefficient (Wildman–Crippen LogP) is 0.678. The number of amides is 1. The van der Waals surface area contributed by atoms with E-state index in [4.69, 9.17) is 5.11 Å². The van der Waals surface area contributed by atoms with Gasteiger partial charge in [0.1, 0.15) is 0 Å². The third-order valence-electron chi connectivity index (χ3n) is 1.56. The molecule has 0 aliphatic carbocycles. The van der Waals surface area contributed by atoms with Crippen LogP contribution in [-0.4, -0.2) is 32.8 Å². The van der Waals surface area contributed by atoms with E-state index in [2.05, 4.69) is 17.9 Å². The Morgan fingerprint density at radius 2 is 1.93 bits per heavy atom. The molecule has 0 spiro atoms. The maximum atomic E-state index is 10.9. The minimum atomic E-state index is -1.37. The van der Waals surface area contributed by atoms with Crippen LogP contribution in [-0.2, 0) is 9.59 Å². The van der Waals surface area contributed by atoms with Crippen molar-refractivity contribution < 1.29 is 14.7 Å². The van der Waals surface area contributed by atoms with Crippen LogP contribution in [0.3, 0.4) is 0 Å². The van der Waals surface area contributed by atoms with E-state index in [-0.39, 0.29) is 0 Å². The zero-order chi connectivity index (χ0) is 11.5. The van der Waals surface area contributed by atoms with E-state index in [0.29, 0.717) is 5.01 Å². The molecule has 0 bridgehead atoms. The summed E-state index contributed by atoms with van der Waals surface area (Å²) in [6.45, 7) is 4.03. The van der Waals surface area contributed by atoms with Crippen molar-refractivity contribution in [1.29, 1.82) is 0 Å². The maximum Gasteiger partial charge on any atom is 0.330 e. The highest BCUT2D eigenvalue weighted by molar-refractivity contribution is 7.81. The first-order valence-corrected chi connectivity index (χ1v) is 4.24. The molecule has 1 unspecified atom stereocenters. The van der Waals surface area contributed by atoms with Crippen LogP contribution in [0.4, 0.5) is 0 Å². The average Bonchev–Trinajstić information content (AvgIpc) is 1.95. The second kappa shape index (κ2) is 4.41. The number of hydrogen-bond donors (Lipinski definition) is 2. The van der Waals surface area contributed by atoms with Crippen molar-refractivity contribution in [1.82, 2.24) is 5.01 Å². The number of nitroso groups, excluding NO2 is 1. The van der Waals surface area contributed by atoms with Crippen LogP contribution in [0.1, 0.15) is 20.8 Å². The van der Waals surface area contributed by atoms with Gasteiger partial charge >= 0.3 is 5.97 Å². The quantitative estimate of drug-likeness (QED) is 0.414. The number of carbonyl (C=O) groups is 2. The molecule has 0 saturated heterocycles. The summed E-state index contributed by atoms with van der Waals surface area (Å²) in [4.78, 5) is 32.0. The molecule has 7 heteroatoms. The van der Waals surface area contributed by atoms with Gasteiger partial charge in [-0.3, -0.25) is 4.79 Å². The van der Waals surface area contributed by atoms with E-state index < -0.39 is 22.7 Å². The highest BCUT2D eigenvalue weighted by Crippen LogP contribution is 2.23. The molecule has 1 atom stereocenters. The van der Waals surface area contributed by atoms with Crippen molar-refractivity contribution in [2.24, 2.45) is 5.29 Å². The fraction of sp³-hybridized carbons (Fsp3) is 0.714. The van der Waals surface area contributed by atoms with Gasteiger partial charge in [0.25, 0.3) is 0 Å². The molecule has 0 heterocycles. The lowest BCUT2D eigenvalue weighted by Crippen LogP contribution is -2.51. The van der Waals surface area contributed by atoms with E-state index in [9.17, 15) is 14.5 Å². The minimum absolute atomic E-state index is 0.370. The number of carboxylic acids is 1. The SMILES string of the molecule is CC(=O)N(N=O)C(C(=O)O)C(C)(C)S. The summed E-state index contributed by atoms with van der Waals surface area (Å²) in [5, 5.41) is 11.6. The topological polar surface area (TPSA) is 87.0 Å². The number of carbonyl (C=O) groups excluding carboxylic acids is 1. The summed E-state index contributed by atoms with van der Waals surface area (Å²) in [5.41, 5.74) is 0. The normalized spacial score (nSPS) is 13.1. The molecule has 0 aliphatic rings. The first-order chi connectivity index (χ1) is 6.21. The number of nitrogens with zero attached hydrogens (tertiary/aromatic N) is 2. The van der Waals surface area contributed by atoms with Crippen molar-refractivity contribution in [3.05, 3.63) is 4.91 Å². The summed E-state index contributed by atoms with van der Waals surface area (Å²) in [7, 11) is 0. The first kappa shape index (κ1) is 12.9. The Kier molecular flexibility index (Phi) is 4.06. The van der Waals surface area contributed by atoms with E-state index in [1.807, 2.05) is 0 Å². The molecular formula is C7H12N2O4S. The molecule has 1 N–H and O–H groups in total. The molecular weight excluding hydrogens is 208 g/mol. The lowest BCUT2D eigenvalue weighted by Gasteiger charge is -2.30. The minimum Gasteiger partial charge on any atom is -0.480 e. The Morgan fingerprint density at radius 3 is 2.00 bits per heavy atom. The second-order valence-corrected chi connectivity index (χ2v) is 4.49. The van der Waals surface area contributed by atoms with Gasteiger partial charge in [0.15, 0.2) is 6.04 Å². The number of rotatable bonds is 4. The van der Waals surface area contributed by atoms with Crippen molar-refractivity contribution >= 4 is 24.5 Å². The fourth-order valence-corrected chi connectivity index (χ4v) is 1.21. The van der Waals surface area contributed by atoms with E-state index in [1.54, 1.807) is 0 Å². The van der Waals surface area contributed by atoms with Crippen LogP contribution in [0.25, 0.3) is 0 Å². The highest BCUT2D eigenvalue weighted by Gasteiger charge is 2.40. The van der Waals surface area contributed by atoms with Crippen LogP contribution >= 0.6 is 12.6 Å². The fourth-order valence-electron chi connectivity index (χ4n) is 0.992. The van der Waals surface area contributed by atoms with Crippen LogP contribution in [0.5, 0.6) is 0 Å². The van der Waals surface area contributed by atoms with Gasteiger partial charge in [-0.15, -0.1) is 4.91 Å². The Hall–Kier alpha value is -1.11. The maximum absolute atomic E-state index is 10.9. The third kappa shape index (κ3) is 2.99. The average molecular weight is 220 g/mol. The van der Waals surface area contributed by atoms with Crippen LogP contribution in [0, 0.1) is 4.91 Å². The smallest absolute Gasteiger partial charge is 0.330 e. The Balaban J connectivity index is 5.09. The summed E-state index contributed by atoms with van der Waals surface area (Å²) >= 11 is 4.00. The van der Waals surface area contributed by atoms with Crippen molar-refractivity contribution in [2.45, 2.75) is 31.6 Å². The molecule has 0 saturated carbocycles. The summed E-state index contributed by atoms with van der Waals surface area (Å²) < 4.78 is -1.05. The number of carboxylic acid groups (broad SMARTS) is 1. The standard InChI is InChI=1S/C7H12N2O4S/c1-4(10)9(8-13)5(6(11)12)7(2,3)14/h5,14H,1-3H3,(H,11,12). The Morgan fingerprint density at radius 1 is 1.50 bits per heavy atom. The largest absolute Gasteiger partial charge is 0.480 e. The molecule has 0 aromatic rings. The van der Waals surface area contributed by atoms with E-state index in [0.717, 1.165) is 6.92 Å². The van der Waals surface area contributed by atoms with Crippen LogP contribution in [0.15, 0.2) is 5.29 Å². The molecule has 0 fully saturated rings. The second-order valence-electron chi connectivity index (χ2n) is 3.34. The van der Waals surface area contributed by atoms with Gasteiger partial charge in [-0.25, -0.2) is 4.79 Å². The molecule has 80 valence electrons. The lowest BCUT2D eigenvalue weighted by atomic mass is 10.0. The van der Waals surface area contributed by atoms with Gasteiger partial charge in [-0.1, -0.05) is 0 Å². The molecule has 0 rings (SSSR count). The van der Waals surface area contributed by atoms with Gasteiger partial charge in [0.2, 0.25) is 5.91 Å². The van der Waals surface area contributed by atoms with Gasteiger partial charge in [-0.05, 0) is 13.8 Å². The summed E-state index contributed by atoms with van der Waals surface area (Å²) in [6.07, 6.45) is 0. The summed E-state index contributed by atoms with van der Waals surface area (Å²) in [6, 6.07) is -1.37. The van der Waals surface area contributed by atoms with Crippen molar-refractivity contribution in [2.75, 3.05) is 0 Å². The first-order valence-electron chi connectivity index (χ1n) is 3.80. The van der Waals surface area contributed by atoms with Gasteiger partial charge < -0.3 is 5.11 Å². The molecule has 0 aromatic heterocycles. The zero-order valence-electron chi connectivity index (χ0n) is 8.09. The lowest BCUT2D eigenvalue weighted by molar-refractivity contribution is -0.150. The van der Waals surface area contributed by atoms with Crippen LogP contribution in [0.2, 0.25) is 0 Å². The zero-order valence-corrected chi connectivity index (χ0v) is 8.99. The molecule has 0 aromatic carbocycles. The monoisotopic (exact) mass is 220 g/mol. The highest BCUT2D eigenvalue weighted by atomic mass is 32.1. The van der Waals surface area contributed by atoms with Crippen molar-refractivity contribution in [3.8, 4) is 0 Å². The Bertz CT molecular complexity index is 261. The van der Waals surface area contributed by atoms with E-state index >= 15 is 0 Å². The predicted molar refractivity (Wildman–Crippen MR) is 52.8 cm³/mol.